The molecule has 244 valence electrons. The van der Waals surface area contributed by atoms with E-state index in [2.05, 4.69) is 178 Å². The Morgan fingerprint density at radius 2 is 1.20 bits per heavy atom. The highest BCUT2D eigenvalue weighted by Crippen LogP contribution is 2.55. The molecule has 0 saturated carbocycles. The third-order valence-corrected chi connectivity index (χ3v) is 10.5. The number of hydrogen-bond donors (Lipinski definition) is 0. The number of para-hydroxylation sites is 1. The van der Waals surface area contributed by atoms with Gasteiger partial charge in [-0.25, -0.2) is 9.97 Å². The van der Waals surface area contributed by atoms with Crippen molar-refractivity contribution in [3.63, 3.8) is 0 Å². The van der Waals surface area contributed by atoms with Gasteiger partial charge in [-0.3, -0.25) is 0 Å². The van der Waals surface area contributed by atoms with Crippen LogP contribution in [0.1, 0.15) is 31.9 Å². The molecule has 0 bridgehead atoms. The van der Waals surface area contributed by atoms with Crippen LogP contribution >= 0.6 is 0 Å². The number of benzene rings is 6. The molecule has 2 aromatic heterocycles. The minimum absolute atomic E-state index is 0.264. The topological polar surface area (TPSA) is 30.7 Å². The van der Waals surface area contributed by atoms with Gasteiger partial charge in [-0.2, -0.15) is 0 Å². The molecular weight excluding hydrogens is 619 g/mol. The zero-order valence-electron chi connectivity index (χ0n) is 29.1. The monoisotopic (exact) mass is 655 g/mol. The summed E-state index contributed by atoms with van der Waals surface area (Å²) in [6.45, 7) is 11.1. The fourth-order valence-electron chi connectivity index (χ4n) is 8.24. The number of hydrogen-bond acceptors (Lipinski definition) is 2. The third kappa shape index (κ3) is 4.73. The minimum Gasteiger partial charge on any atom is -0.309 e. The van der Waals surface area contributed by atoms with E-state index in [0.29, 0.717) is 5.82 Å². The minimum atomic E-state index is -0.264. The van der Waals surface area contributed by atoms with E-state index >= 15 is 0 Å². The predicted molar refractivity (Wildman–Crippen MR) is 215 cm³/mol. The van der Waals surface area contributed by atoms with E-state index in [0.717, 1.165) is 33.8 Å². The Morgan fingerprint density at radius 3 is 1.80 bits per heavy atom. The van der Waals surface area contributed by atoms with E-state index in [1.165, 1.54) is 54.9 Å². The van der Waals surface area contributed by atoms with Gasteiger partial charge in [0.2, 0.25) is 0 Å². The van der Waals surface area contributed by atoms with Crippen LogP contribution in [0.4, 0.5) is 0 Å². The molecule has 51 heavy (non-hydrogen) atoms. The normalized spacial score (nSPS) is 13.9. The van der Waals surface area contributed by atoms with Crippen LogP contribution in [0.25, 0.3) is 77.7 Å². The van der Waals surface area contributed by atoms with E-state index in [-0.39, 0.29) is 5.41 Å². The lowest BCUT2D eigenvalue weighted by atomic mass is 9.79. The van der Waals surface area contributed by atoms with Crippen LogP contribution in [0.5, 0.6) is 0 Å². The van der Waals surface area contributed by atoms with Crippen molar-refractivity contribution >= 4 is 38.2 Å². The van der Waals surface area contributed by atoms with E-state index < -0.39 is 0 Å². The molecular formula is C48H37N3. The highest BCUT2D eigenvalue weighted by molar-refractivity contribution is 6.26. The first kappa shape index (κ1) is 30.7. The molecule has 0 saturated heterocycles. The van der Waals surface area contributed by atoms with Gasteiger partial charge in [-0.1, -0.05) is 142 Å². The Bertz CT molecular complexity index is 2650. The molecule has 0 spiro atoms. The summed E-state index contributed by atoms with van der Waals surface area (Å²) in [5.74, 6) is 0.702. The molecule has 3 nitrogen and oxygen atoms in total. The molecule has 1 aliphatic rings. The van der Waals surface area contributed by atoms with Crippen LogP contribution < -0.4 is 0 Å². The smallest absolute Gasteiger partial charge is 0.160 e. The van der Waals surface area contributed by atoms with Crippen molar-refractivity contribution in [1.82, 2.24) is 14.5 Å². The van der Waals surface area contributed by atoms with E-state index in [9.17, 15) is 0 Å². The number of allylic oxidation sites excluding steroid dienone is 5. The maximum atomic E-state index is 5.10. The van der Waals surface area contributed by atoms with Gasteiger partial charge in [-0.15, -0.1) is 0 Å². The van der Waals surface area contributed by atoms with Crippen molar-refractivity contribution in [2.45, 2.75) is 26.2 Å². The fraction of sp³-hybridized carbons (Fsp3) is 0.0833. The second-order valence-corrected chi connectivity index (χ2v) is 13.8. The van der Waals surface area contributed by atoms with E-state index in [1.54, 1.807) is 0 Å². The van der Waals surface area contributed by atoms with Crippen molar-refractivity contribution in [3.8, 4) is 39.6 Å². The fourth-order valence-corrected chi connectivity index (χ4v) is 8.24. The number of fused-ring (bicyclic) bond motifs is 8. The molecule has 3 heteroatoms. The van der Waals surface area contributed by atoms with Gasteiger partial charge in [0.05, 0.1) is 22.4 Å². The van der Waals surface area contributed by atoms with Crippen LogP contribution in [0, 0.1) is 0 Å². The maximum absolute atomic E-state index is 5.10. The molecule has 0 unspecified atom stereocenters. The van der Waals surface area contributed by atoms with Gasteiger partial charge in [-0.05, 0) is 76.4 Å². The highest BCUT2D eigenvalue weighted by Gasteiger charge is 2.40. The quantitative estimate of drug-likeness (QED) is 0.178. The first-order valence-corrected chi connectivity index (χ1v) is 17.6. The second kappa shape index (κ2) is 11.9. The van der Waals surface area contributed by atoms with E-state index in [1.807, 2.05) is 12.1 Å². The molecule has 9 rings (SSSR count). The standard InChI is InChI=1S/C48H37N3/c1-5-17-37-39(6-2)48(3,4)45-43(37)35-22-13-14-23-36(35)44-38-24-15-16-25-42(38)51(46(44)45)34-28-26-33(27-29-34)47-49-40(31-18-9-7-10-19-31)30-41(50-47)32-20-11-8-12-21-32/h5-30H,2H2,1,3-4H3/b17-5-. The molecule has 0 radical (unpaired) electrons. The molecule has 6 aromatic carbocycles. The summed E-state index contributed by atoms with van der Waals surface area (Å²) in [6, 6.07) is 49.3. The van der Waals surface area contributed by atoms with E-state index in [4.69, 9.17) is 9.97 Å². The van der Waals surface area contributed by atoms with Crippen molar-refractivity contribution in [2.24, 2.45) is 0 Å². The van der Waals surface area contributed by atoms with Crippen molar-refractivity contribution in [1.29, 1.82) is 0 Å². The molecule has 0 atom stereocenters. The van der Waals surface area contributed by atoms with Crippen molar-refractivity contribution in [2.75, 3.05) is 0 Å². The molecule has 8 aromatic rings. The third-order valence-electron chi connectivity index (χ3n) is 10.5. The zero-order valence-corrected chi connectivity index (χ0v) is 29.1. The van der Waals surface area contributed by atoms with Gasteiger partial charge in [0.15, 0.2) is 5.82 Å². The van der Waals surface area contributed by atoms with Crippen LogP contribution in [-0.2, 0) is 5.41 Å². The number of rotatable bonds is 6. The summed E-state index contributed by atoms with van der Waals surface area (Å²) >= 11 is 0. The van der Waals surface area contributed by atoms with Gasteiger partial charge in [0.1, 0.15) is 0 Å². The summed E-state index contributed by atoms with van der Waals surface area (Å²) in [7, 11) is 0. The first-order valence-electron chi connectivity index (χ1n) is 17.6. The lowest BCUT2D eigenvalue weighted by Crippen LogP contribution is -2.18. The Hall–Kier alpha value is -6.32. The van der Waals surface area contributed by atoms with Gasteiger partial charge in [0.25, 0.3) is 0 Å². The van der Waals surface area contributed by atoms with Gasteiger partial charge < -0.3 is 4.57 Å². The number of aromatic nitrogens is 3. The lowest BCUT2D eigenvalue weighted by Gasteiger charge is -2.25. The van der Waals surface area contributed by atoms with Crippen molar-refractivity contribution in [3.05, 3.63) is 181 Å². The molecule has 0 N–H and O–H groups in total. The predicted octanol–water partition coefficient (Wildman–Crippen LogP) is 12.5. The molecule has 2 heterocycles. The van der Waals surface area contributed by atoms with Gasteiger partial charge >= 0.3 is 0 Å². The summed E-state index contributed by atoms with van der Waals surface area (Å²) < 4.78 is 2.47. The van der Waals surface area contributed by atoms with Crippen LogP contribution in [0.3, 0.4) is 0 Å². The zero-order chi connectivity index (χ0) is 34.7. The average molecular weight is 656 g/mol. The number of nitrogens with zero attached hydrogens (tertiary/aromatic N) is 3. The summed E-state index contributed by atoms with van der Waals surface area (Å²) in [5, 5.41) is 5.08. The summed E-state index contributed by atoms with van der Waals surface area (Å²) in [5.41, 5.74) is 13.3. The Balaban J connectivity index is 1.30. The average Bonchev–Trinajstić information content (AvgIpc) is 3.64. The second-order valence-electron chi connectivity index (χ2n) is 13.8. The van der Waals surface area contributed by atoms with Crippen molar-refractivity contribution < 1.29 is 0 Å². The summed E-state index contributed by atoms with van der Waals surface area (Å²) in [6.07, 6.45) is 6.47. The first-order chi connectivity index (χ1) is 25.0. The van der Waals surface area contributed by atoms with Crippen LogP contribution in [0.2, 0.25) is 0 Å². The van der Waals surface area contributed by atoms with Crippen LogP contribution in [-0.4, -0.2) is 14.5 Å². The lowest BCUT2D eigenvalue weighted by molar-refractivity contribution is 0.659. The Labute approximate surface area is 298 Å². The molecule has 0 aliphatic heterocycles. The highest BCUT2D eigenvalue weighted by atomic mass is 15.0. The van der Waals surface area contributed by atoms with Crippen LogP contribution in [0.15, 0.2) is 170 Å². The SMILES string of the molecule is C=CC1=C(/C=C\C)c2c(c3c(c4ccccc24)c2ccccc2n3-c2ccc(-c3nc(-c4ccccc4)cc(-c4ccccc4)n3)cc2)C1(C)C. The largest absolute Gasteiger partial charge is 0.309 e. The molecule has 0 fully saturated rings. The molecule has 1 aliphatic carbocycles. The van der Waals surface area contributed by atoms with Gasteiger partial charge in [0, 0.05) is 38.6 Å². The maximum Gasteiger partial charge on any atom is 0.160 e. The summed E-state index contributed by atoms with van der Waals surface area (Å²) in [4.78, 5) is 10.2. The Kier molecular flexibility index (Phi) is 7.18. The Morgan fingerprint density at radius 1 is 0.627 bits per heavy atom. The molecule has 0 amide bonds.